The highest BCUT2D eigenvalue weighted by atomic mass is 32.2. The molecule has 2 amide bonds. The van der Waals surface area contributed by atoms with Gasteiger partial charge in [-0.2, -0.15) is 0 Å². The molecule has 9 nitrogen and oxygen atoms in total. The molecule has 28 heavy (non-hydrogen) atoms. The molecular formula is C18H32N4O5S. The lowest BCUT2D eigenvalue weighted by molar-refractivity contribution is -0.138. The second-order valence-electron chi connectivity index (χ2n) is 7.78. The fourth-order valence-electron chi connectivity index (χ4n) is 4.15. The average Bonchev–Trinajstić information content (AvgIpc) is 3.04. The van der Waals surface area contributed by atoms with Crippen molar-refractivity contribution in [2.24, 2.45) is 0 Å². The van der Waals surface area contributed by atoms with Gasteiger partial charge in [0.15, 0.2) is 9.84 Å². The number of sulfone groups is 1. The van der Waals surface area contributed by atoms with E-state index in [1.54, 1.807) is 4.90 Å². The van der Waals surface area contributed by atoms with Gasteiger partial charge in [0.05, 0.1) is 37.8 Å². The second kappa shape index (κ2) is 9.51. The van der Waals surface area contributed by atoms with Crippen LogP contribution in [-0.2, 0) is 24.2 Å². The molecule has 3 rings (SSSR count). The zero-order valence-electron chi connectivity index (χ0n) is 16.7. The molecule has 10 heteroatoms. The summed E-state index contributed by atoms with van der Waals surface area (Å²) in [6.45, 7) is 8.71. The van der Waals surface area contributed by atoms with Crippen molar-refractivity contribution in [1.82, 2.24) is 19.6 Å². The van der Waals surface area contributed by atoms with Crippen LogP contribution in [0.1, 0.15) is 13.3 Å². The molecule has 0 spiro atoms. The highest BCUT2D eigenvalue weighted by Crippen LogP contribution is 2.18. The predicted octanol–water partition coefficient (Wildman–Crippen LogP) is -1.50. The third kappa shape index (κ3) is 5.65. The van der Waals surface area contributed by atoms with Crippen molar-refractivity contribution in [1.29, 1.82) is 0 Å². The van der Waals surface area contributed by atoms with Crippen molar-refractivity contribution in [3.05, 3.63) is 0 Å². The van der Waals surface area contributed by atoms with Gasteiger partial charge in [0, 0.05) is 51.9 Å². The Morgan fingerprint density at radius 2 is 1.61 bits per heavy atom. The zero-order valence-corrected chi connectivity index (χ0v) is 17.5. The highest BCUT2D eigenvalue weighted by Gasteiger charge is 2.34. The fraction of sp³-hybridized carbons (Fsp3) is 0.889. The maximum absolute atomic E-state index is 12.7. The van der Waals surface area contributed by atoms with Gasteiger partial charge in [-0.25, -0.2) is 8.42 Å². The van der Waals surface area contributed by atoms with Gasteiger partial charge in [0.25, 0.3) is 0 Å². The minimum absolute atomic E-state index is 0.00226. The third-order valence-corrected chi connectivity index (χ3v) is 7.61. The van der Waals surface area contributed by atoms with Crippen LogP contribution >= 0.6 is 0 Å². The maximum atomic E-state index is 12.7. The third-order valence-electron chi connectivity index (χ3n) is 5.86. The summed E-state index contributed by atoms with van der Waals surface area (Å²) in [5, 5.41) is 0. The lowest BCUT2D eigenvalue weighted by Gasteiger charge is -2.37. The molecule has 3 aliphatic heterocycles. The summed E-state index contributed by atoms with van der Waals surface area (Å²) in [6, 6.07) is -0.185. The molecule has 0 aromatic carbocycles. The number of rotatable bonds is 6. The van der Waals surface area contributed by atoms with E-state index in [1.807, 2.05) is 11.8 Å². The summed E-state index contributed by atoms with van der Waals surface area (Å²) in [5.74, 6) is 0.413. The van der Waals surface area contributed by atoms with Crippen LogP contribution in [0.3, 0.4) is 0 Å². The number of amides is 2. The van der Waals surface area contributed by atoms with Crippen LogP contribution in [0.2, 0.25) is 0 Å². The Hall–Kier alpha value is -1.23. The Bertz CT molecular complexity index is 657. The summed E-state index contributed by atoms with van der Waals surface area (Å²) in [7, 11) is -3.00. The van der Waals surface area contributed by atoms with E-state index < -0.39 is 9.84 Å². The monoisotopic (exact) mass is 416 g/mol. The van der Waals surface area contributed by atoms with Crippen LogP contribution < -0.4 is 0 Å². The van der Waals surface area contributed by atoms with Crippen LogP contribution in [0.4, 0.5) is 0 Å². The molecule has 0 aromatic heterocycles. The molecule has 0 bridgehead atoms. The standard InChI is InChI=1S/C18H32N4O5S/c1-2-22(16-3-12-28(25,26)15-16)18(24)14-20-6-4-19(5-7-20)13-17(23)21-8-10-27-11-9-21/h16H,2-15H2,1H3. The van der Waals surface area contributed by atoms with Crippen LogP contribution in [-0.4, -0.2) is 129 Å². The van der Waals surface area contributed by atoms with Crippen LogP contribution in [0.5, 0.6) is 0 Å². The van der Waals surface area contributed by atoms with Crippen molar-refractivity contribution in [2.75, 3.05) is 83.6 Å². The van der Waals surface area contributed by atoms with E-state index in [-0.39, 0.29) is 29.4 Å². The molecule has 3 fully saturated rings. The van der Waals surface area contributed by atoms with Crippen molar-refractivity contribution in [3.8, 4) is 0 Å². The first-order valence-electron chi connectivity index (χ1n) is 10.2. The van der Waals surface area contributed by atoms with Crippen molar-refractivity contribution >= 4 is 21.7 Å². The number of carbonyl (C=O) groups excluding carboxylic acids is 2. The van der Waals surface area contributed by atoms with Gasteiger partial charge in [-0.1, -0.05) is 0 Å². The molecule has 0 aromatic rings. The highest BCUT2D eigenvalue weighted by molar-refractivity contribution is 7.91. The lowest BCUT2D eigenvalue weighted by atomic mass is 10.2. The lowest BCUT2D eigenvalue weighted by Crippen LogP contribution is -2.54. The molecule has 3 heterocycles. The molecule has 0 N–H and O–H groups in total. The number of piperazine rings is 1. The quantitative estimate of drug-likeness (QED) is 0.520. The van der Waals surface area contributed by atoms with Gasteiger partial charge in [0.2, 0.25) is 11.8 Å². The first kappa shape index (κ1) is 21.5. The number of morpholine rings is 1. The number of carbonyl (C=O) groups is 2. The van der Waals surface area contributed by atoms with Gasteiger partial charge in [-0.05, 0) is 13.3 Å². The minimum Gasteiger partial charge on any atom is -0.378 e. The maximum Gasteiger partial charge on any atom is 0.237 e. The van der Waals surface area contributed by atoms with Crippen molar-refractivity contribution < 1.29 is 22.7 Å². The van der Waals surface area contributed by atoms with Gasteiger partial charge in [-0.3, -0.25) is 19.4 Å². The molecule has 1 unspecified atom stereocenters. The molecule has 0 radical (unpaired) electrons. The zero-order chi connectivity index (χ0) is 20.1. The molecule has 1 atom stereocenters. The molecule has 160 valence electrons. The topological polar surface area (TPSA) is 90.5 Å². The van der Waals surface area contributed by atoms with Gasteiger partial charge < -0.3 is 14.5 Å². The largest absolute Gasteiger partial charge is 0.378 e. The summed E-state index contributed by atoms with van der Waals surface area (Å²) in [6.07, 6.45) is 0.541. The minimum atomic E-state index is -3.00. The van der Waals surface area contributed by atoms with E-state index in [0.29, 0.717) is 52.4 Å². The Labute approximate surface area is 167 Å². The fourth-order valence-corrected chi connectivity index (χ4v) is 5.88. The molecule has 3 aliphatic rings. The Morgan fingerprint density at radius 1 is 1.00 bits per heavy atom. The average molecular weight is 417 g/mol. The normalized spacial score (nSPS) is 26.3. The van der Waals surface area contributed by atoms with E-state index in [1.165, 1.54) is 0 Å². The molecule has 0 saturated carbocycles. The summed E-state index contributed by atoms with van der Waals surface area (Å²) in [4.78, 5) is 32.9. The van der Waals surface area contributed by atoms with Crippen molar-refractivity contribution in [2.45, 2.75) is 19.4 Å². The molecular weight excluding hydrogens is 384 g/mol. The predicted molar refractivity (Wildman–Crippen MR) is 105 cm³/mol. The SMILES string of the molecule is CCN(C(=O)CN1CCN(CC(=O)N2CCOCC2)CC1)C1CCS(=O)(=O)C1. The van der Waals surface area contributed by atoms with Crippen LogP contribution in [0, 0.1) is 0 Å². The number of nitrogens with zero attached hydrogens (tertiary/aromatic N) is 4. The second-order valence-corrected chi connectivity index (χ2v) is 10.0. The number of likely N-dealkylation sites (N-methyl/N-ethyl adjacent to an activating group) is 1. The van der Waals surface area contributed by atoms with E-state index >= 15 is 0 Å². The van der Waals surface area contributed by atoms with Gasteiger partial charge in [0.1, 0.15) is 0 Å². The Kier molecular flexibility index (Phi) is 7.30. The number of ether oxygens (including phenoxy) is 1. The van der Waals surface area contributed by atoms with E-state index in [2.05, 4.69) is 9.80 Å². The van der Waals surface area contributed by atoms with E-state index in [4.69, 9.17) is 4.74 Å². The summed E-state index contributed by atoms with van der Waals surface area (Å²) >= 11 is 0. The number of hydrogen-bond donors (Lipinski definition) is 0. The van der Waals surface area contributed by atoms with Gasteiger partial charge >= 0.3 is 0 Å². The Morgan fingerprint density at radius 3 is 2.14 bits per heavy atom. The smallest absolute Gasteiger partial charge is 0.237 e. The molecule has 0 aliphatic carbocycles. The summed E-state index contributed by atoms with van der Waals surface area (Å²) in [5.41, 5.74) is 0. The number of hydrogen-bond acceptors (Lipinski definition) is 7. The van der Waals surface area contributed by atoms with Crippen LogP contribution in [0.15, 0.2) is 0 Å². The van der Waals surface area contributed by atoms with E-state index in [0.717, 1.165) is 26.2 Å². The molecule has 3 saturated heterocycles. The summed E-state index contributed by atoms with van der Waals surface area (Å²) < 4.78 is 28.7. The van der Waals surface area contributed by atoms with Crippen LogP contribution in [0.25, 0.3) is 0 Å². The van der Waals surface area contributed by atoms with Gasteiger partial charge in [-0.15, -0.1) is 0 Å². The van der Waals surface area contributed by atoms with Crippen molar-refractivity contribution in [3.63, 3.8) is 0 Å². The first-order chi connectivity index (χ1) is 13.4. The van der Waals surface area contributed by atoms with E-state index in [9.17, 15) is 18.0 Å². The Balaban J connectivity index is 1.42. The first-order valence-corrected chi connectivity index (χ1v) is 12.0.